The summed E-state index contributed by atoms with van der Waals surface area (Å²) in [4.78, 5) is 10.9. The van der Waals surface area contributed by atoms with Gasteiger partial charge in [0.15, 0.2) is 15.3 Å². The van der Waals surface area contributed by atoms with E-state index in [1.54, 1.807) is 12.1 Å². The Kier molecular flexibility index (Phi) is 2.48. The average Bonchev–Trinajstić information content (AvgIpc) is 2.34. The van der Waals surface area contributed by atoms with E-state index in [4.69, 9.17) is 4.42 Å². The van der Waals surface area contributed by atoms with Gasteiger partial charge in [0.25, 0.3) is 0 Å². The summed E-state index contributed by atoms with van der Waals surface area (Å²) in [5.41, 5.74) is 0. The number of halogens is 1. The van der Waals surface area contributed by atoms with Crippen molar-refractivity contribution in [1.82, 2.24) is 0 Å². The molecule has 1 heterocycles. The van der Waals surface area contributed by atoms with Crippen LogP contribution >= 0.6 is 22.6 Å². The molecule has 0 aliphatic carbocycles. The van der Waals surface area contributed by atoms with Crippen LogP contribution < -0.4 is 0 Å². The Morgan fingerprint density at radius 3 is 2.80 bits per heavy atom. The number of carbonyl (C=O) groups excluding carboxylic acids is 1. The maximum atomic E-state index is 10.9. The molecule has 0 aliphatic rings. The van der Waals surface area contributed by atoms with Crippen LogP contribution in [0.5, 0.6) is 0 Å². The molecule has 0 saturated heterocycles. The Labute approximate surface area is 72.7 Å². The van der Waals surface area contributed by atoms with E-state index in [9.17, 15) is 4.79 Å². The van der Waals surface area contributed by atoms with Crippen molar-refractivity contribution in [2.24, 2.45) is 0 Å². The Balaban J connectivity index is 2.85. The third-order valence-electron chi connectivity index (χ3n) is 1.17. The molecular formula is C7H7IO2. The molecule has 0 amide bonds. The molecule has 0 fully saturated rings. The largest absolute Gasteiger partial charge is 0.447 e. The van der Waals surface area contributed by atoms with E-state index in [0.717, 1.165) is 3.77 Å². The summed E-state index contributed by atoms with van der Waals surface area (Å²) in [7, 11) is 0. The predicted octanol–water partition coefficient (Wildman–Crippen LogP) is 2.48. The molecule has 0 spiro atoms. The molecule has 1 rings (SSSR count). The minimum atomic E-state index is 0.0583. The van der Waals surface area contributed by atoms with Gasteiger partial charge in [-0.15, -0.1) is 0 Å². The number of hydrogen-bond donors (Lipinski definition) is 0. The molecule has 0 N–H and O–H groups in total. The normalized spacial score (nSPS) is 9.80. The lowest BCUT2D eigenvalue weighted by atomic mass is 10.2. The lowest BCUT2D eigenvalue weighted by molar-refractivity contribution is 0.0960. The molecule has 2 nitrogen and oxygen atoms in total. The first-order chi connectivity index (χ1) is 4.74. The van der Waals surface area contributed by atoms with Crippen LogP contribution in [0.15, 0.2) is 16.5 Å². The first-order valence-electron chi connectivity index (χ1n) is 3.02. The van der Waals surface area contributed by atoms with E-state index in [-0.39, 0.29) is 5.78 Å². The molecule has 0 aliphatic heterocycles. The highest BCUT2D eigenvalue weighted by Gasteiger charge is 2.06. The fourth-order valence-corrected chi connectivity index (χ4v) is 1.06. The van der Waals surface area contributed by atoms with Crippen molar-refractivity contribution in [2.75, 3.05) is 0 Å². The van der Waals surface area contributed by atoms with E-state index in [1.807, 2.05) is 29.5 Å². The van der Waals surface area contributed by atoms with Crippen LogP contribution in [0.2, 0.25) is 0 Å². The van der Waals surface area contributed by atoms with Gasteiger partial charge in [0.05, 0.1) is 0 Å². The molecule has 0 saturated carbocycles. The second kappa shape index (κ2) is 3.18. The standard InChI is InChI=1S/C7H7IO2/c1-2-5(9)6-3-4-7(8)10-6/h3-4H,2H2,1H3. The lowest BCUT2D eigenvalue weighted by Crippen LogP contribution is -1.92. The van der Waals surface area contributed by atoms with Crippen molar-refractivity contribution in [3.63, 3.8) is 0 Å². The van der Waals surface area contributed by atoms with E-state index in [2.05, 4.69) is 0 Å². The first kappa shape index (κ1) is 7.78. The van der Waals surface area contributed by atoms with Crippen molar-refractivity contribution in [3.05, 3.63) is 21.7 Å². The van der Waals surface area contributed by atoms with Crippen LogP contribution in [0.4, 0.5) is 0 Å². The molecule has 0 radical (unpaired) electrons. The predicted molar refractivity (Wildman–Crippen MR) is 46.0 cm³/mol. The highest BCUT2D eigenvalue weighted by atomic mass is 127. The molecule has 0 unspecified atom stereocenters. The Hall–Kier alpha value is -0.320. The van der Waals surface area contributed by atoms with Gasteiger partial charge < -0.3 is 4.42 Å². The van der Waals surface area contributed by atoms with Crippen LogP contribution in [-0.4, -0.2) is 5.78 Å². The molecular weight excluding hydrogens is 243 g/mol. The van der Waals surface area contributed by atoms with E-state index < -0.39 is 0 Å². The van der Waals surface area contributed by atoms with Gasteiger partial charge in [0.2, 0.25) is 0 Å². The van der Waals surface area contributed by atoms with Gasteiger partial charge in [-0.1, -0.05) is 6.92 Å². The number of carbonyl (C=O) groups is 1. The minimum absolute atomic E-state index is 0.0583. The number of ketones is 1. The number of furan rings is 1. The molecule has 1 aromatic heterocycles. The fourth-order valence-electron chi connectivity index (χ4n) is 0.638. The highest BCUT2D eigenvalue weighted by molar-refractivity contribution is 14.1. The zero-order valence-electron chi connectivity index (χ0n) is 5.56. The van der Waals surface area contributed by atoms with Gasteiger partial charge in [-0.2, -0.15) is 0 Å². The second-order valence-corrected chi connectivity index (χ2v) is 2.94. The summed E-state index contributed by atoms with van der Waals surface area (Å²) in [6, 6.07) is 3.48. The third-order valence-corrected chi connectivity index (χ3v) is 1.75. The van der Waals surface area contributed by atoms with Crippen LogP contribution in [0.25, 0.3) is 0 Å². The molecule has 0 bridgehead atoms. The third kappa shape index (κ3) is 1.59. The highest BCUT2D eigenvalue weighted by Crippen LogP contribution is 2.11. The smallest absolute Gasteiger partial charge is 0.197 e. The van der Waals surface area contributed by atoms with Gasteiger partial charge in [-0.3, -0.25) is 4.79 Å². The average molecular weight is 250 g/mol. The summed E-state index contributed by atoms with van der Waals surface area (Å²) < 4.78 is 5.83. The van der Waals surface area contributed by atoms with Crippen molar-refractivity contribution >= 4 is 28.4 Å². The zero-order chi connectivity index (χ0) is 7.56. The van der Waals surface area contributed by atoms with Crippen molar-refractivity contribution in [1.29, 1.82) is 0 Å². The van der Waals surface area contributed by atoms with Crippen LogP contribution in [0, 0.1) is 3.77 Å². The van der Waals surface area contributed by atoms with E-state index in [1.165, 1.54) is 0 Å². The van der Waals surface area contributed by atoms with Gasteiger partial charge in [-0.25, -0.2) is 0 Å². The summed E-state index contributed by atoms with van der Waals surface area (Å²) in [5, 5.41) is 0. The number of hydrogen-bond acceptors (Lipinski definition) is 2. The molecule has 54 valence electrons. The van der Waals surface area contributed by atoms with Crippen molar-refractivity contribution < 1.29 is 9.21 Å². The van der Waals surface area contributed by atoms with Gasteiger partial charge in [0, 0.05) is 6.42 Å². The fraction of sp³-hybridized carbons (Fsp3) is 0.286. The second-order valence-electron chi connectivity index (χ2n) is 1.88. The maximum Gasteiger partial charge on any atom is 0.197 e. The summed E-state index contributed by atoms with van der Waals surface area (Å²) in [6.45, 7) is 1.82. The summed E-state index contributed by atoms with van der Waals surface area (Å²) >= 11 is 2.03. The van der Waals surface area contributed by atoms with Gasteiger partial charge >= 0.3 is 0 Å². The summed E-state index contributed by atoms with van der Waals surface area (Å²) in [5.74, 6) is 0.523. The maximum absolute atomic E-state index is 10.9. The van der Waals surface area contributed by atoms with Crippen LogP contribution in [0.3, 0.4) is 0 Å². The first-order valence-corrected chi connectivity index (χ1v) is 4.10. The molecule has 3 heteroatoms. The topological polar surface area (TPSA) is 30.2 Å². The summed E-state index contributed by atoms with van der Waals surface area (Å²) in [6.07, 6.45) is 0.504. The Bertz CT molecular complexity index is 240. The molecule has 1 aromatic rings. The quantitative estimate of drug-likeness (QED) is 0.596. The molecule has 0 aromatic carbocycles. The van der Waals surface area contributed by atoms with Crippen molar-refractivity contribution in [2.45, 2.75) is 13.3 Å². The monoisotopic (exact) mass is 250 g/mol. The molecule has 0 atom stereocenters. The lowest BCUT2D eigenvalue weighted by Gasteiger charge is -1.87. The zero-order valence-corrected chi connectivity index (χ0v) is 7.71. The minimum Gasteiger partial charge on any atom is -0.447 e. The van der Waals surface area contributed by atoms with Gasteiger partial charge in [-0.05, 0) is 34.7 Å². The SMILES string of the molecule is CCC(=O)c1ccc(I)o1. The number of rotatable bonds is 2. The Morgan fingerprint density at radius 2 is 2.40 bits per heavy atom. The van der Waals surface area contributed by atoms with E-state index >= 15 is 0 Å². The van der Waals surface area contributed by atoms with Crippen molar-refractivity contribution in [3.8, 4) is 0 Å². The van der Waals surface area contributed by atoms with Crippen LogP contribution in [0.1, 0.15) is 23.9 Å². The molecule has 10 heavy (non-hydrogen) atoms. The van der Waals surface area contributed by atoms with Crippen LogP contribution in [-0.2, 0) is 0 Å². The number of Topliss-reactive ketones (excluding diaryl/α,β-unsaturated/α-hetero) is 1. The van der Waals surface area contributed by atoms with E-state index in [0.29, 0.717) is 12.2 Å². The van der Waals surface area contributed by atoms with Gasteiger partial charge in [0.1, 0.15) is 0 Å². The Morgan fingerprint density at radius 1 is 1.70 bits per heavy atom.